The first kappa shape index (κ1) is 16.6. The summed E-state index contributed by atoms with van der Waals surface area (Å²) >= 11 is 0. The Labute approximate surface area is 139 Å². The highest BCUT2D eigenvalue weighted by atomic mass is 19.3. The van der Waals surface area contributed by atoms with Crippen LogP contribution in [0.1, 0.15) is 47.3 Å². The van der Waals surface area contributed by atoms with Gasteiger partial charge in [-0.2, -0.15) is 5.10 Å². The first-order chi connectivity index (χ1) is 11.6. The molecule has 2 atom stereocenters. The number of nitrogens with zero attached hydrogens (tertiary/aromatic N) is 2. The molecule has 24 heavy (non-hydrogen) atoms. The normalized spacial score (nSPS) is 20.5. The fourth-order valence-electron chi connectivity index (χ4n) is 3.51. The number of carbonyl (C=O) groups excluding carboxylic acids is 1. The number of hydrogen-bond acceptors (Lipinski definition) is 2. The van der Waals surface area contributed by atoms with Gasteiger partial charge in [0.05, 0.1) is 11.8 Å². The minimum Gasteiger partial charge on any atom is -0.349 e. The summed E-state index contributed by atoms with van der Waals surface area (Å²) in [6.45, 7) is 0. The Morgan fingerprint density at radius 2 is 2.08 bits per heavy atom. The topological polar surface area (TPSA) is 46.9 Å². The van der Waals surface area contributed by atoms with Gasteiger partial charge >= 0.3 is 0 Å². The molecule has 0 aliphatic heterocycles. The number of rotatable bonds is 5. The number of amides is 1. The van der Waals surface area contributed by atoms with Crippen LogP contribution in [0.2, 0.25) is 0 Å². The molecule has 1 fully saturated rings. The van der Waals surface area contributed by atoms with Gasteiger partial charge in [0.25, 0.3) is 12.3 Å². The fraction of sp³-hybridized carbons (Fsp3) is 0.444. The van der Waals surface area contributed by atoms with E-state index in [4.69, 9.17) is 0 Å². The maximum atomic E-state index is 13.1. The molecule has 2 aromatic rings. The van der Waals surface area contributed by atoms with E-state index in [0.717, 1.165) is 30.4 Å². The number of aryl methyl sites for hydroxylation is 1. The summed E-state index contributed by atoms with van der Waals surface area (Å²) in [5.74, 6) is -0.119. The third-order valence-corrected chi connectivity index (χ3v) is 4.75. The van der Waals surface area contributed by atoms with Crippen LogP contribution in [0.4, 0.5) is 8.78 Å². The van der Waals surface area contributed by atoms with E-state index >= 15 is 0 Å². The second kappa shape index (κ2) is 7.11. The number of benzene rings is 1. The molecule has 0 saturated heterocycles. The highest BCUT2D eigenvalue weighted by Gasteiger charge is 2.31. The van der Waals surface area contributed by atoms with E-state index in [2.05, 4.69) is 22.5 Å². The van der Waals surface area contributed by atoms with E-state index in [9.17, 15) is 13.6 Å². The molecule has 1 aromatic carbocycles. The van der Waals surface area contributed by atoms with Gasteiger partial charge < -0.3 is 5.32 Å². The molecule has 3 rings (SSSR count). The first-order valence-corrected chi connectivity index (χ1v) is 8.21. The van der Waals surface area contributed by atoms with Gasteiger partial charge in [-0.15, -0.1) is 0 Å². The zero-order chi connectivity index (χ0) is 17.1. The van der Waals surface area contributed by atoms with E-state index in [-0.39, 0.29) is 17.3 Å². The highest BCUT2D eigenvalue weighted by molar-refractivity contribution is 5.95. The third kappa shape index (κ3) is 3.47. The van der Waals surface area contributed by atoms with E-state index in [1.807, 2.05) is 18.2 Å². The van der Waals surface area contributed by atoms with Gasteiger partial charge in [0, 0.05) is 13.1 Å². The molecule has 1 heterocycles. The van der Waals surface area contributed by atoms with Crippen molar-refractivity contribution >= 4 is 5.91 Å². The fourth-order valence-corrected chi connectivity index (χ4v) is 3.51. The van der Waals surface area contributed by atoms with Crippen LogP contribution in [-0.2, 0) is 13.5 Å². The second-order valence-corrected chi connectivity index (χ2v) is 6.33. The summed E-state index contributed by atoms with van der Waals surface area (Å²) in [6, 6.07) is 10.2. The number of hydrogen-bond donors (Lipinski definition) is 1. The van der Waals surface area contributed by atoms with Gasteiger partial charge in [-0.05, 0) is 30.7 Å². The molecule has 6 heteroatoms. The molecule has 1 N–H and O–H groups in total. The van der Waals surface area contributed by atoms with Crippen molar-refractivity contribution in [3.05, 3.63) is 53.3 Å². The number of carbonyl (C=O) groups is 1. The van der Waals surface area contributed by atoms with E-state index in [1.165, 1.54) is 18.8 Å². The van der Waals surface area contributed by atoms with Crippen molar-refractivity contribution in [1.82, 2.24) is 15.1 Å². The Balaban J connectivity index is 1.69. The Morgan fingerprint density at radius 1 is 1.33 bits per heavy atom. The standard InChI is InChI=1S/C18H21F2N3O/c1-23-16(17(19)20)14(11-21-23)18(24)22-15-9-5-8-13(15)10-12-6-3-2-4-7-12/h2-4,6-7,11,13,15,17H,5,8-10H2,1H3,(H,22,24)/t13-,15+/m1/s1. The van der Waals surface area contributed by atoms with Crippen LogP contribution in [0.3, 0.4) is 0 Å². The second-order valence-electron chi connectivity index (χ2n) is 6.33. The minimum atomic E-state index is -2.72. The van der Waals surface area contributed by atoms with Crippen LogP contribution in [0, 0.1) is 5.92 Å². The Morgan fingerprint density at radius 3 is 2.79 bits per heavy atom. The zero-order valence-corrected chi connectivity index (χ0v) is 13.6. The Bertz CT molecular complexity index is 700. The van der Waals surface area contributed by atoms with Gasteiger partial charge in [-0.25, -0.2) is 8.78 Å². The molecule has 0 bridgehead atoms. The van der Waals surface area contributed by atoms with Crippen molar-refractivity contribution < 1.29 is 13.6 Å². The van der Waals surface area contributed by atoms with Crippen molar-refractivity contribution in [3.63, 3.8) is 0 Å². The number of nitrogens with one attached hydrogen (secondary N) is 1. The van der Waals surface area contributed by atoms with Crippen LogP contribution >= 0.6 is 0 Å². The Kier molecular flexibility index (Phi) is 4.92. The average molecular weight is 333 g/mol. The van der Waals surface area contributed by atoms with Crippen LogP contribution in [-0.4, -0.2) is 21.7 Å². The zero-order valence-electron chi connectivity index (χ0n) is 13.6. The summed E-state index contributed by atoms with van der Waals surface area (Å²) in [4.78, 5) is 12.4. The predicted octanol–water partition coefficient (Wildman–Crippen LogP) is 3.50. The van der Waals surface area contributed by atoms with Crippen molar-refractivity contribution in [2.24, 2.45) is 13.0 Å². The lowest BCUT2D eigenvalue weighted by Gasteiger charge is -2.21. The largest absolute Gasteiger partial charge is 0.349 e. The molecule has 1 saturated carbocycles. The summed E-state index contributed by atoms with van der Waals surface area (Å²) in [5.41, 5.74) is 0.876. The van der Waals surface area contributed by atoms with Gasteiger partial charge in [-0.1, -0.05) is 36.8 Å². The van der Waals surface area contributed by atoms with E-state index in [1.54, 1.807) is 0 Å². The molecular formula is C18H21F2N3O. The van der Waals surface area contributed by atoms with Gasteiger partial charge in [0.15, 0.2) is 0 Å². The van der Waals surface area contributed by atoms with E-state index in [0.29, 0.717) is 5.92 Å². The molecule has 1 aliphatic rings. The van der Waals surface area contributed by atoms with Crippen LogP contribution in [0.5, 0.6) is 0 Å². The highest BCUT2D eigenvalue weighted by Crippen LogP contribution is 2.30. The lowest BCUT2D eigenvalue weighted by atomic mass is 9.94. The molecule has 128 valence electrons. The minimum absolute atomic E-state index is 0.0171. The molecule has 1 aliphatic carbocycles. The quantitative estimate of drug-likeness (QED) is 0.910. The van der Waals surface area contributed by atoms with Crippen molar-refractivity contribution in [1.29, 1.82) is 0 Å². The summed E-state index contributed by atoms with van der Waals surface area (Å²) < 4.78 is 27.3. The van der Waals surface area contributed by atoms with Crippen molar-refractivity contribution in [2.45, 2.75) is 38.2 Å². The first-order valence-electron chi connectivity index (χ1n) is 8.21. The third-order valence-electron chi connectivity index (χ3n) is 4.75. The van der Waals surface area contributed by atoms with Crippen LogP contribution in [0.25, 0.3) is 0 Å². The SMILES string of the molecule is Cn1ncc(C(=O)N[C@H]2CCC[C@@H]2Cc2ccccc2)c1C(F)F. The molecule has 1 amide bonds. The molecular weight excluding hydrogens is 312 g/mol. The maximum Gasteiger partial charge on any atom is 0.280 e. The van der Waals surface area contributed by atoms with Crippen molar-refractivity contribution in [2.75, 3.05) is 0 Å². The molecule has 0 unspecified atom stereocenters. The molecule has 0 spiro atoms. The predicted molar refractivity (Wildman–Crippen MR) is 86.9 cm³/mol. The maximum absolute atomic E-state index is 13.1. The molecule has 1 aromatic heterocycles. The lowest BCUT2D eigenvalue weighted by molar-refractivity contribution is 0.0911. The van der Waals surface area contributed by atoms with Crippen LogP contribution in [0.15, 0.2) is 36.5 Å². The number of halogens is 2. The lowest BCUT2D eigenvalue weighted by Crippen LogP contribution is -2.38. The van der Waals surface area contributed by atoms with Gasteiger partial charge in [0.2, 0.25) is 0 Å². The average Bonchev–Trinajstić information content (AvgIpc) is 3.15. The summed E-state index contributed by atoms with van der Waals surface area (Å²) in [6.07, 6.45) is 2.35. The van der Waals surface area contributed by atoms with Crippen molar-refractivity contribution in [3.8, 4) is 0 Å². The number of alkyl halides is 2. The van der Waals surface area contributed by atoms with Gasteiger partial charge in [0.1, 0.15) is 5.69 Å². The molecule has 0 radical (unpaired) electrons. The van der Waals surface area contributed by atoms with Crippen LogP contribution < -0.4 is 5.32 Å². The summed E-state index contributed by atoms with van der Waals surface area (Å²) in [7, 11) is 1.42. The van der Waals surface area contributed by atoms with Gasteiger partial charge in [-0.3, -0.25) is 9.48 Å². The molecule has 4 nitrogen and oxygen atoms in total. The smallest absolute Gasteiger partial charge is 0.280 e. The summed E-state index contributed by atoms with van der Waals surface area (Å²) in [5, 5.41) is 6.74. The Hall–Kier alpha value is -2.24. The monoisotopic (exact) mass is 333 g/mol. The van der Waals surface area contributed by atoms with E-state index < -0.39 is 12.3 Å². The number of aromatic nitrogens is 2.